The van der Waals surface area contributed by atoms with E-state index < -0.39 is 6.10 Å². The molecule has 1 atom stereocenters. The van der Waals surface area contributed by atoms with Gasteiger partial charge in [0.2, 0.25) is 0 Å². The molecule has 0 aliphatic carbocycles. The molecule has 0 fully saturated rings. The van der Waals surface area contributed by atoms with Gasteiger partial charge in [0.1, 0.15) is 11.5 Å². The molecule has 20 heavy (non-hydrogen) atoms. The van der Waals surface area contributed by atoms with Gasteiger partial charge in [0.25, 0.3) is 0 Å². The Morgan fingerprint density at radius 2 is 1.90 bits per heavy atom. The van der Waals surface area contributed by atoms with Crippen molar-refractivity contribution in [2.45, 2.75) is 20.0 Å². The summed E-state index contributed by atoms with van der Waals surface area (Å²) in [6.07, 6.45) is 1.22. The van der Waals surface area contributed by atoms with Gasteiger partial charge in [-0.3, -0.25) is 0 Å². The molecule has 0 saturated carbocycles. The maximum atomic E-state index is 13.1. The third-order valence-electron chi connectivity index (χ3n) is 3.40. The number of imidazole rings is 1. The van der Waals surface area contributed by atoms with E-state index >= 15 is 0 Å². The van der Waals surface area contributed by atoms with Crippen molar-refractivity contribution in [1.29, 1.82) is 0 Å². The number of aryl methyl sites for hydroxylation is 1. The third-order valence-corrected chi connectivity index (χ3v) is 3.40. The SMILES string of the molecule is Cc1cccn2c(C(C)O)c(-c3ccc(F)cc3)nc12. The summed E-state index contributed by atoms with van der Waals surface area (Å²) in [6.45, 7) is 3.68. The highest BCUT2D eigenvalue weighted by Gasteiger charge is 2.18. The van der Waals surface area contributed by atoms with Gasteiger partial charge in [-0.1, -0.05) is 6.07 Å². The molecule has 1 aromatic carbocycles. The molecule has 0 bridgehead atoms. The summed E-state index contributed by atoms with van der Waals surface area (Å²) in [5.41, 5.74) is 4.04. The highest BCUT2D eigenvalue weighted by Crippen LogP contribution is 2.29. The molecule has 0 aliphatic rings. The van der Waals surface area contributed by atoms with E-state index in [4.69, 9.17) is 0 Å². The first-order valence-electron chi connectivity index (χ1n) is 6.49. The lowest BCUT2D eigenvalue weighted by Crippen LogP contribution is -1.99. The largest absolute Gasteiger partial charge is 0.387 e. The standard InChI is InChI=1S/C16H15FN2O/c1-10-4-3-9-19-15(11(2)20)14(18-16(10)19)12-5-7-13(17)8-6-12/h3-9,11,20H,1-2H3. The molecule has 3 rings (SSSR count). The first kappa shape index (κ1) is 12.8. The third kappa shape index (κ3) is 1.98. The Hall–Kier alpha value is -2.20. The number of rotatable bonds is 2. The monoisotopic (exact) mass is 270 g/mol. The fourth-order valence-corrected chi connectivity index (χ4v) is 2.44. The van der Waals surface area contributed by atoms with Crippen LogP contribution in [0.3, 0.4) is 0 Å². The minimum Gasteiger partial charge on any atom is -0.387 e. The van der Waals surface area contributed by atoms with E-state index in [1.165, 1.54) is 12.1 Å². The van der Waals surface area contributed by atoms with Crippen LogP contribution in [0, 0.1) is 12.7 Å². The van der Waals surface area contributed by atoms with Crippen LogP contribution in [0.5, 0.6) is 0 Å². The molecule has 2 heterocycles. The number of benzene rings is 1. The molecule has 1 N–H and O–H groups in total. The van der Waals surface area contributed by atoms with Crippen LogP contribution in [0.25, 0.3) is 16.9 Å². The lowest BCUT2D eigenvalue weighted by molar-refractivity contribution is 0.194. The lowest BCUT2D eigenvalue weighted by atomic mass is 10.1. The number of hydrogen-bond acceptors (Lipinski definition) is 2. The molecule has 1 unspecified atom stereocenters. The summed E-state index contributed by atoms with van der Waals surface area (Å²) >= 11 is 0. The lowest BCUT2D eigenvalue weighted by Gasteiger charge is -2.08. The molecular weight excluding hydrogens is 255 g/mol. The first-order chi connectivity index (χ1) is 9.58. The summed E-state index contributed by atoms with van der Waals surface area (Å²) in [5, 5.41) is 10.1. The van der Waals surface area contributed by atoms with Gasteiger partial charge in [0.15, 0.2) is 0 Å². The molecule has 102 valence electrons. The second-order valence-corrected chi connectivity index (χ2v) is 4.91. The zero-order valence-corrected chi connectivity index (χ0v) is 11.3. The Kier molecular flexibility index (Phi) is 3.03. The van der Waals surface area contributed by atoms with Crippen LogP contribution in [0.1, 0.15) is 24.3 Å². The van der Waals surface area contributed by atoms with Crippen LogP contribution in [0.15, 0.2) is 42.6 Å². The van der Waals surface area contributed by atoms with Crippen molar-refractivity contribution >= 4 is 5.65 Å². The predicted octanol–water partition coefficient (Wildman–Crippen LogP) is 3.50. The van der Waals surface area contributed by atoms with Crippen LogP contribution < -0.4 is 0 Å². The molecular formula is C16H15FN2O. The van der Waals surface area contributed by atoms with E-state index in [0.717, 1.165) is 22.5 Å². The topological polar surface area (TPSA) is 37.5 Å². The number of nitrogens with zero attached hydrogens (tertiary/aromatic N) is 2. The van der Waals surface area contributed by atoms with E-state index in [0.29, 0.717) is 5.69 Å². The van der Waals surface area contributed by atoms with E-state index in [-0.39, 0.29) is 5.82 Å². The fraction of sp³-hybridized carbons (Fsp3) is 0.188. The van der Waals surface area contributed by atoms with E-state index in [9.17, 15) is 9.50 Å². The second-order valence-electron chi connectivity index (χ2n) is 4.91. The summed E-state index contributed by atoms with van der Waals surface area (Å²) in [7, 11) is 0. The van der Waals surface area contributed by atoms with Gasteiger partial charge in [-0.15, -0.1) is 0 Å². The van der Waals surface area contributed by atoms with Crippen LogP contribution in [0.2, 0.25) is 0 Å². The number of hydrogen-bond donors (Lipinski definition) is 1. The molecule has 0 amide bonds. The van der Waals surface area contributed by atoms with Crippen molar-refractivity contribution in [3.63, 3.8) is 0 Å². The maximum Gasteiger partial charge on any atom is 0.140 e. The van der Waals surface area contributed by atoms with E-state index in [1.54, 1.807) is 19.1 Å². The Morgan fingerprint density at radius 3 is 2.55 bits per heavy atom. The van der Waals surface area contributed by atoms with Gasteiger partial charge in [-0.05, 0) is 49.7 Å². The average Bonchev–Trinajstić information content (AvgIpc) is 2.80. The number of aliphatic hydroxyl groups excluding tert-OH is 1. The summed E-state index contributed by atoms with van der Waals surface area (Å²) in [4.78, 5) is 4.61. The van der Waals surface area contributed by atoms with Crippen molar-refractivity contribution in [2.75, 3.05) is 0 Å². The smallest absolute Gasteiger partial charge is 0.140 e. The molecule has 0 aliphatic heterocycles. The number of fused-ring (bicyclic) bond motifs is 1. The molecule has 0 saturated heterocycles. The highest BCUT2D eigenvalue weighted by molar-refractivity contribution is 5.68. The highest BCUT2D eigenvalue weighted by atomic mass is 19.1. The maximum absolute atomic E-state index is 13.1. The van der Waals surface area contributed by atoms with Crippen LogP contribution in [0.4, 0.5) is 4.39 Å². The summed E-state index contributed by atoms with van der Waals surface area (Å²) in [5.74, 6) is -0.285. The van der Waals surface area contributed by atoms with Gasteiger partial charge in [-0.25, -0.2) is 9.37 Å². The number of halogens is 1. The summed E-state index contributed by atoms with van der Waals surface area (Å²) in [6, 6.07) is 10.1. The van der Waals surface area contributed by atoms with Crippen molar-refractivity contribution in [1.82, 2.24) is 9.38 Å². The van der Waals surface area contributed by atoms with Gasteiger partial charge >= 0.3 is 0 Å². The van der Waals surface area contributed by atoms with E-state index in [2.05, 4.69) is 4.98 Å². The Balaban J connectivity index is 2.32. The average molecular weight is 270 g/mol. The van der Waals surface area contributed by atoms with Crippen LogP contribution in [-0.2, 0) is 0 Å². The Bertz CT molecular complexity index is 760. The predicted molar refractivity (Wildman–Crippen MR) is 76.0 cm³/mol. The molecule has 0 radical (unpaired) electrons. The molecule has 3 aromatic rings. The second kappa shape index (κ2) is 4.72. The summed E-state index contributed by atoms with van der Waals surface area (Å²) < 4.78 is 14.9. The minimum atomic E-state index is -0.660. The van der Waals surface area contributed by atoms with Gasteiger partial charge in [0, 0.05) is 11.8 Å². The molecule has 3 nitrogen and oxygen atoms in total. The van der Waals surface area contributed by atoms with E-state index in [1.807, 2.05) is 29.7 Å². The number of aliphatic hydroxyl groups is 1. The number of pyridine rings is 1. The molecule has 4 heteroatoms. The van der Waals surface area contributed by atoms with Crippen LogP contribution in [-0.4, -0.2) is 14.5 Å². The van der Waals surface area contributed by atoms with Gasteiger partial charge in [-0.2, -0.15) is 0 Å². The first-order valence-corrected chi connectivity index (χ1v) is 6.49. The Morgan fingerprint density at radius 1 is 1.20 bits per heavy atom. The zero-order chi connectivity index (χ0) is 14.3. The molecule has 0 spiro atoms. The van der Waals surface area contributed by atoms with Crippen molar-refractivity contribution in [3.8, 4) is 11.3 Å². The molecule has 2 aromatic heterocycles. The van der Waals surface area contributed by atoms with Crippen molar-refractivity contribution in [2.24, 2.45) is 0 Å². The quantitative estimate of drug-likeness (QED) is 0.774. The van der Waals surface area contributed by atoms with Crippen molar-refractivity contribution < 1.29 is 9.50 Å². The normalized spacial score (nSPS) is 12.8. The Labute approximate surface area is 116 Å². The van der Waals surface area contributed by atoms with Gasteiger partial charge in [0.05, 0.1) is 17.5 Å². The van der Waals surface area contributed by atoms with Crippen molar-refractivity contribution in [3.05, 3.63) is 59.7 Å². The zero-order valence-electron chi connectivity index (χ0n) is 11.3. The number of aromatic nitrogens is 2. The van der Waals surface area contributed by atoms with Crippen LogP contribution >= 0.6 is 0 Å². The fourth-order valence-electron chi connectivity index (χ4n) is 2.44. The van der Waals surface area contributed by atoms with Gasteiger partial charge < -0.3 is 9.51 Å². The minimum absolute atomic E-state index is 0.285.